The zero-order valence-corrected chi connectivity index (χ0v) is 15.8. The van der Waals surface area contributed by atoms with Gasteiger partial charge in [0.2, 0.25) is 5.91 Å². The van der Waals surface area contributed by atoms with Crippen molar-refractivity contribution in [3.8, 4) is 5.75 Å². The maximum absolute atomic E-state index is 13.0. The molecule has 2 saturated heterocycles. The van der Waals surface area contributed by atoms with E-state index >= 15 is 0 Å². The summed E-state index contributed by atoms with van der Waals surface area (Å²) < 4.78 is 10.7. The number of hydrogen-bond donors (Lipinski definition) is 0. The lowest BCUT2D eigenvalue weighted by molar-refractivity contribution is -0.149. The van der Waals surface area contributed by atoms with E-state index in [1.54, 1.807) is 25.1 Å². The first-order chi connectivity index (χ1) is 13.1. The third kappa shape index (κ3) is 3.98. The van der Waals surface area contributed by atoms with E-state index in [1.807, 2.05) is 17.9 Å². The van der Waals surface area contributed by atoms with E-state index in [0.717, 1.165) is 0 Å². The number of ether oxygens (including phenoxy) is 2. The van der Waals surface area contributed by atoms with E-state index in [1.165, 1.54) is 4.90 Å². The molecule has 0 aromatic heterocycles. The molecule has 0 aliphatic carbocycles. The first-order valence-corrected chi connectivity index (χ1v) is 9.56. The van der Waals surface area contributed by atoms with Gasteiger partial charge < -0.3 is 9.47 Å². The molecule has 1 aromatic carbocycles. The highest BCUT2D eigenvalue weighted by Gasteiger charge is 2.44. The number of nitrogens with zero attached hydrogens (tertiary/aromatic N) is 2. The van der Waals surface area contributed by atoms with Crippen LogP contribution in [-0.2, 0) is 19.1 Å². The van der Waals surface area contributed by atoms with Crippen LogP contribution < -0.4 is 9.64 Å². The minimum absolute atomic E-state index is 0.122. The lowest BCUT2D eigenvalue weighted by Gasteiger charge is -2.33. The molecule has 0 unspecified atom stereocenters. The molecule has 0 spiro atoms. The van der Waals surface area contributed by atoms with Crippen molar-refractivity contribution in [1.82, 2.24) is 4.90 Å². The molecule has 7 nitrogen and oxygen atoms in total. The van der Waals surface area contributed by atoms with Gasteiger partial charge in [-0.2, -0.15) is 0 Å². The summed E-state index contributed by atoms with van der Waals surface area (Å²) in [4.78, 5) is 40.8. The molecule has 0 bridgehead atoms. The average molecular weight is 374 g/mol. The molecule has 0 saturated carbocycles. The number of likely N-dealkylation sites (tertiary alicyclic amines) is 1. The molecule has 2 aliphatic rings. The van der Waals surface area contributed by atoms with E-state index in [9.17, 15) is 14.4 Å². The molecular weight excluding hydrogens is 348 g/mol. The Morgan fingerprint density at radius 3 is 2.48 bits per heavy atom. The molecule has 1 atom stereocenters. The van der Waals surface area contributed by atoms with Gasteiger partial charge in [0, 0.05) is 0 Å². The lowest BCUT2D eigenvalue weighted by Crippen LogP contribution is -2.47. The SMILES string of the molecule is CCOC(=O)C1CCN([C@@H]2CC(=O)N(c3ccccc3OCC)C2=O)CC1. The van der Waals surface area contributed by atoms with Crippen molar-refractivity contribution < 1.29 is 23.9 Å². The second kappa shape index (κ2) is 8.52. The average Bonchev–Trinajstić information content (AvgIpc) is 2.97. The second-order valence-electron chi connectivity index (χ2n) is 6.75. The monoisotopic (exact) mass is 374 g/mol. The van der Waals surface area contributed by atoms with Gasteiger partial charge >= 0.3 is 5.97 Å². The molecule has 0 radical (unpaired) electrons. The number of anilines is 1. The standard InChI is InChI=1S/C20H26N2O5/c1-3-26-17-8-6-5-7-15(17)22-18(23)13-16(19(22)24)21-11-9-14(10-12-21)20(25)27-4-2/h5-8,14,16H,3-4,9-13H2,1-2H3/t16-/m1/s1. The van der Waals surface area contributed by atoms with Gasteiger partial charge in [-0.05, 0) is 51.9 Å². The van der Waals surface area contributed by atoms with Crippen molar-refractivity contribution in [3.63, 3.8) is 0 Å². The predicted molar refractivity (Wildman–Crippen MR) is 99.4 cm³/mol. The maximum atomic E-state index is 13.0. The van der Waals surface area contributed by atoms with Crippen molar-refractivity contribution >= 4 is 23.5 Å². The summed E-state index contributed by atoms with van der Waals surface area (Å²) in [5, 5.41) is 0. The van der Waals surface area contributed by atoms with Crippen molar-refractivity contribution in [2.45, 2.75) is 39.2 Å². The van der Waals surface area contributed by atoms with Crippen LogP contribution in [-0.4, -0.2) is 55.0 Å². The number of amides is 2. The van der Waals surface area contributed by atoms with Crippen molar-refractivity contribution in [2.24, 2.45) is 5.92 Å². The minimum Gasteiger partial charge on any atom is -0.492 e. The van der Waals surface area contributed by atoms with E-state index in [0.29, 0.717) is 50.6 Å². The molecule has 2 heterocycles. The number of esters is 1. The molecule has 3 rings (SSSR count). The Hall–Kier alpha value is -2.41. The highest BCUT2D eigenvalue weighted by molar-refractivity contribution is 6.23. The van der Waals surface area contributed by atoms with Gasteiger partial charge in [0.05, 0.1) is 37.3 Å². The van der Waals surface area contributed by atoms with Crippen LogP contribution in [0.25, 0.3) is 0 Å². The van der Waals surface area contributed by atoms with E-state index in [4.69, 9.17) is 9.47 Å². The van der Waals surface area contributed by atoms with E-state index < -0.39 is 6.04 Å². The zero-order valence-electron chi connectivity index (χ0n) is 15.8. The smallest absolute Gasteiger partial charge is 0.309 e. The topological polar surface area (TPSA) is 76.2 Å². The molecular formula is C20H26N2O5. The maximum Gasteiger partial charge on any atom is 0.309 e. The Labute approximate surface area is 159 Å². The van der Waals surface area contributed by atoms with Gasteiger partial charge in [0.15, 0.2) is 0 Å². The largest absolute Gasteiger partial charge is 0.492 e. The van der Waals surface area contributed by atoms with Crippen LogP contribution in [0.1, 0.15) is 33.1 Å². The third-order valence-corrected chi connectivity index (χ3v) is 5.12. The van der Waals surface area contributed by atoms with E-state index in [-0.39, 0.29) is 30.1 Å². The predicted octanol–water partition coefficient (Wildman–Crippen LogP) is 1.99. The summed E-state index contributed by atoms with van der Waals surface area (Å²) in [7, 11) is 0. The van der Waals surface area contributed by atoms with Gasteiger partial charge in [-0.25, -0.2) is 4.90 Å². The molecule has 2 fully saturated rings. The molecule has 27 heavy (non-hydrogen) atoms. The van der Waals surface area contributed by atoms with Gasteiger partial charge in [0.25, 0.3) is 5.91 Å². The number of imide groups is 1. The van der Waals surface area contributed by atoms with Crippen LogP contribution in [0.2, 0.25) is 0 Å². The van der Waals surface area contributed by atoms with Crippen molar-refractivity contribution in [2.75, 3.05) is 31.2 Å². The lowest BCUT2D eigenvalue weighted by atomic mass is 9.95. The third-order valence-electron chi connectivity index (χ3n) is 5.12. The summed E-state index contributed by atoms with van der Waals surface area (Å²) >= 11 is 0. The molecule has 0 N–H and O–H groups in total. The first-order valence-electron chi connectivity index (χ1n) is 9.56. The Morgan fingerprint density at radius 1 is 1.11 bits per heavy atom. The van der Waals surface area contributed by atoms with Gasteiger partial charge in [-0.3, -0.25) is 19.3 Å². The number of rotatable bonds is 6. The van der Waals surface area contributed by atoms with Gasteiger partial charge in [0.1, 0.15) is 5.75 Å². The van der Waals surface area contributed by atoms with Crippen molar-refractivity contribution in [3.05, 3.63) is 24.3 Å². The minimum atomic E-state index is -0.477. The summed E-state index contributed by atoms with van der Waals surface area (Å²) in [6, 6.07) is 6.62. The molecule has 146 valence electrons. The molecule has 2 amide bonds. The summed E-state index contributed by atoms with van der Waals surface area (Å²) in [6.07, 6.45) is 1.45. The van der Waals surface area contributed by atoms with Gasteiger partial charge in [-0.15, -0.1) is 0 Å². The summed E-state index contributed by atoms with van der Waals surface area (Å²) in [5.41, 5.74) is 0.498. The number of carbonyl (C=O) groups excluding carboxylic acids is 3. The van der Waals surface area contributed by atoms with E-state index in [2.05, 4.69) is 0 Å². The van der Waals surface area contributed by atoms with Crippen LogP contribution in [0.5, 0.6) is 5.75 Å². The Bertz CT molecular complexity index is 712. The number of hydrogen-bond acceptors (Lipinski definition) is 6. The highest BCUT2D eigenvalue weighted by atomic mass is 16.5. The van der Waals surface area contributed by atoms with Crippen LogP contribution in [0.3, 0.4) is 0 Å². The summed E-state index contributed by atoms with van der Waals surface area (Å²) in [6.45, 7) is 5.70. The first kappa shape index (κ1) is 19.4. The Balaban J connectivity index is 1.70. The van der Waals surface area contributed by atoms with Crippen LogP contribution in [0.15, 0.2) is 24.3 Å². The fourth-order valence-corrected chi connectivity index (χ4v) is 3.78. The Kier molecular flexibility index (Phi) is 6.11. The van der Waals surface area contributed by atoms with Gasteiger partial charge in [-0.1, -0.05) is 12.1 Å². The molecule has 7 heteroatoms. The fraction of sp³-hybridized carbons (Fsp3) is 0.550. The number of carbonyl (C=O) groups is 3. The van der Waals surface area contributed by atoms with Crippen LogP contribution in [0, 0.1) is 5.92 Å². The zero-order chi connectivity index (χ0) is 19.4. The summed E-state index contributed by atoms with van der Waals surface area (Å²) in [5.74, 6) is -0.198. The molecule has 2 aliphatic heterocycles. The van der Waals surface area contributed by atoms with Crippen LogP contribution >= 0.6 is 0 Å². The molecule has 1 aromatic rings. The Morgan fingerprint density at radius 2 is 1.81 bits per heavy atom. The number of piperidine rings is 1. The highest BCUT2D eigenvalue weighted by Crippen LogP contribution is 2.34. The normalized spacial score (nSPS) is 21.6. The second-order valence-corrected chi connectivity index (χ2v) is 6.75. The quantitative estimate of drug-likeness (QED) is 0.560. The van der Waals surface area contributed by atoms with Crippen molar-refractivity contribution in [1.29, 1.82) is 0 Å². The number of para-hydroxylation sites is 2. The van der Waals surface area contributed by atoms with Crippen LogP contribution in [0.4, 0.5) is 5.69 Å². The number of benzene rings is 1. The fourth-order valence-electron chi connectivity index (χ4n) is 3.78.